The van der Waals surface area contributed by atoms with E-state index in [1.54, 1.807) is 6.07 Å². The molecule has 24 heavy (non-hydrogen) atoms. The molecule has 7 nitrogen and oxygen atoms in total. The second kappa shape index (κ2) is 8.13. The molecule has 2 heterocycles. The number of nitrogens with zero attached hydrogens (tertiary/aromatic N) is 2. The first kappa shape index (κ1) is 19.0. The van der Waals surface area contributed by atoms with Gasteiger partial charge in [-0.25, -0.2) is 12.7 Å². The van der Waals surface area contributed by atoms with E-state index in [2.05, 4.69) is 17.1 Å². The number of hydrogen-bond donors (Lipinski definition) is 1. The molecule has 1 amide bonds. The lowest BCUT2D eigenvalue weighted by atomic mass is 10.1. The first-order chi connectivity index (χ1) is 11.3. The summed E-state index contributed by atoms with van der Waals surface area (Å²) >= 11 is 0. The quantitative estimate of drug-likeness (QED) is 0.798. The van der Waals surface area contributed by atoms with Gasteiger partial charge in [0.2, 0.25) is 10.0 Å². The van der Waals surface area contributed by atoms with Crippen LogP contribution in [-0.2, 0) is 10.0 Å². The minimum absolute atomic E-state index is 0.0526. The maximum atomic E-state index is 12.1. The van der Waals surface area contributed by atoms with Crippen LogP contribution in [0.5, 0.6) is 0 Å². The maximum Gasteiger partial charge on any atom is 0.287 e. The lowest BCUT2D eigenvalue weighted by molar-refractivity contribution is 0.0919. The molecule has 2 rings (SSSR count). The zero-order valence-corrected chi connectivity index (χ0v) is 15.4. The van der Waals surface area contributed by atoms with Gasteiger partial charge < -0.3 is 9.73 Å². The van der Waals surface area contributed by atoms with Gasteiger partial charge in [-0.3, -0.25) is 9.69 Å². The summed E-state index contributed by atoms with van der Waals surface area (Å²) in [5.74, 6) is 0.462. The molecule has 1 aliphatic heterocycles. The van der Waals surface area contributed by atoms with E-state index in [0.717, 1.165) is 23.2 Å². The van der Waals surface area contributed by atoms with Crippen molar-refractivity contribution < 1.29 is 17.6 Å². The summed E-state index contributed by atoms with van der Waals surface area (Å²) in [5, 5.41) is 2.59. The van der Waals surface area contributed by atoms with E-state index in [9.17, 15) is 13.2 Å². The molecule has 1 atom stereocenters. The Morgan fingerprint density at radius 3 is 2.58 bits per heavy atom. The molecule has 1 aromatic rings. The molecular weight excluding hydrogens is 330 g/mol. The Morgan fingerprint density at radius 1 is 1.29 bits per heavy atom. The van der Waals surface area contributed by atoms with Crippen LogP contribution >= 0.6 is 0 Å². The van der Waals surface area contributed by atoms with Crippen LogP contribution in [-0.4, -0.2) is 63.0 Å². The maximum absolute atomic E-state index is 12.1. The molecule has 8 heteroatoms. The van der Waals surface area contributed by atoms with Crippen LogP contribution in [0.25, 0.3) is 0 Å². The highest BCUT2D eigenvalue weighted by Gasteiger charge is 2.22. The Labute approximate surface area is 144 Å². The topological polar surface area (TPSA) is 82.9 Å². The number of piperidine rings is 1. The third-order valence-corrected chi connectivity index (χ3v) is 6.24. The smallest absolute Gasteiger partial charge is 0.287 e. The molecule has 136 valence electrons. The highest BCUT2D eigenvalue weighted by Crippen LogP contribution is 2.25. The van der Waals surface area contributed by atoms with Gasteiger partial charge in [0, 0.05) is 20.6 Å². The Kier molecular flexibility index (Phi) is 6.42. The number of carbonyl (C=O) groups excluding carboxylic acids is 1. The van der Waals surface area contributed by atoms with E-state index >= 15 is 0 Å². The van der Waals surface area contributed by atoms with E-state index < -0.39 is 10.0 Å². The largest absolute Gasteiger partial charge is 0.454 e. The number of sulfonamides is 1. The lowest BCUT2D eigenvalue weighted by Gasteiger charge is -2.31. The van der Waals surface area contributed by atoms with Gasteiger partial charge in [0.15, 0.2) is 5.76 Å². The van der Waals surface area contributed by atoms with Crippen LogP contribution in [0.15, 0.2) is 16.5 Å². The van der Waals surface area contributed by atoms with Crippen molar-refractivity contribution in [2.45, 2.75) is 32.2 Å². The first-order valence-corrected chi connectivity index (χ1v) is 9.94. The van der Waals surface area contributed by atoms with Gasteiger partial charge in [-0.15, -0.1) is 0 Å². The monoisotopic (exact) mass is 357 g/mol. The summed E-state index contributed by atoms with van der Waals surface area (Å²) in [6, 6.07) is 3.61. The summed E-state index contributed by atoms with van der Waals surface area (Å²) in [4.78, 5) is 14.4. The molecule has 1 unspecified atom stereocenters. The molecule has 1 aromatic heterocycles. The second-order valence-electron chi connectivity index (χ2n) is 6.33. The van der Waals surface area contributed by atoms with Crippen molar-refractivity contribution in [3.05, 3.63) is 23.7 Å². The van der Waals surface area contributed by atoms with Crippen molar-refractivity contribution in [1.82, 2.24) is 14.5 Å². The molecule has 0 saturated carbocycles. The van der Waals surface area contributed by atoms with Crippen molar-refractivity contribution in [3.8, 4) is 0 Å². The minimum atomic E-state index is -3.32. The van der Waals surface area contributed by atoms with Crippen LogP contribution in [0.4, 0.5) is 0 Å². The van der Waals surface area contributed by atoms with Crippen LogP contribution in [0.3, 0.4) is 0 Å². The van der Waals surface area contributed by atoms with Gasteiger partial charge in [0.1, 0.15) is 5.76 Å². The third kappa shape index (κ3) is 4.81. The van der Waals surface area contributed by atoms with Crippen molar-refractivity contribution in [2.75, 3.05) is 39.5 Å². The van der Waals surface area contributed by atoms with Crippen molar-refractivity contribution in [2.24, 2.45) is 0 Å². The predicted molar refractivity (Wildman–Crippen MR) is 92.4 cm³/mol. The fourth-order valence-electron chi connectivity index (χ4n) is 2.75. The summed E-state index contributed by atoms with van der Waals surface area (Å²) in [6.45, 7) is 4.23. The zero-order valence-electron chi connectivity index (χ0n) is 14.6. The third-order valence-electron chi connectivity index (χ3n) is 4.40. The van der Waals surface area contributed by atoms with Crippen molar-refractivity contribution in [1.29, 1.82) is 0 Å². The number of hydrogen-bond acceptors (Lipinski definition) is 5. The average molecular weight is 357 g/mol. The van der Waals surface area contributed by atoms with Gasteiger partial charge in [0.25, 0.3) is 5.91 Å². The van der Waals surface area contributed by atoms with E-state index in [1.165, 1.54) is 33.4 Å². The highest BCUT2D eigenvalue weighted by atomic mass is 32.2. The Hall–Kier alpha value is -1.38. The number of carbonyl (C=O) groups is 1. The minimum Gasteiger partial charge on any atom is -0.454 e. The molecule has 0 aromatic carbocycles. The van der Waals surface area contributed by atoms with Crippen LogP contribution in [0.1, 0.15) is 48.5 Å². The Bertz CT molecular complexity index is 648. The van der Waals surface area contributed by atoms with Gasteiger partial charge in [-0.2, -0.15) is 0 Å². The van der Waals surface area contributed by atoms with Gasteiger partial charge in [-0.1, -0.05) is 6.42 Å². The molecule has 0 aliphatic carbocycles. The normalized spacial score (nSPS) is 17.8. The van der Waals surface area contributed by atoms with Crippen molar-refractivity contribution in [3.63, 3.8) is 0 Å². The van der Waals surface area contributed by atoms with Gasteiger partial charge in [-0.05, 0) is 45.0 Å². The number of furan rings is 1. The molecular formula is C16H27N3O4S. The Morgan fingerprint density at radius 2 is 1.96 bits per heavy atom. The fraction of sp³-hybridized carbons (Fsp3) is 0.688. The summed E-state index contributed by atoms with van der Waals surface area (Å²) in [6.07, 6.45) is 3.66. The zero-order chi connectivity index (χ0) is 17.7. The number of amides is 1. The summed E-state index contributed by atoms with van der Waals surface area (Å²) in [7, 11) is -0.377. The Balaban J connectivity index is 1.89. The lowest BCUT2D eigenvalue weighted by Crippen LogP contribution is -2.33. The van der Waals surface area contributed by atoms with Crippen molar-refractivity contribution >= 4 is 15.9 Å². The highest BCUT2D eigenvalue weighted by molar-refractivity contribution is 7.89. The van der Waals surface area contributed by atoms with Crippen LogP contribution in [0.2, 0.25) is 0 Å². The molecule has 1 aliphatic rings. The standard InChI is InChI=1S/C16H27N3O4S/c1-13(19-10-5-4-6-11-19)14-7-8-15(23-14)16(20)17-9-12-24(21,22)18(2)3/h7-8,13H,4-6,9-12H2,1-3H3,(H,17,20). The van der Waals surface area contributed by atoms with E-state index in [0.29, 0.717) is 0 Å². The average Bonchev–Trinajstić information content (AvgIpc) is 3.04. The molecule has 1 N–H and O–H groups in total. The second-order valence-corrected chi connectivity index (χ2v) is 8.63. The summed E-state index contributed by atoms with van der Waals surface area (Å²) < 4.78 is 30.1. The molecule has 0 spiro atoms. The van der Waals surface area contributed by atoms with Gasteiger partial charge >= 0.3 is 0 Å². The SMILES string of the molecule is CC(c1ccc(C(=O)NCCS(=O)(=O)N(C)C)o1)N1CCCCC1. The molecule has 1 fully saturated rings. The van der Waals surface area contributed by atoms with E-state index in [4.69, 9.17) is 4.42 Å². The van der Waals surface area contributed by atoms with E-state index in [-0.39, 0.29) is 30.0 Å². The van der Waals surface area contributed by atoms with Crippen LogP contribution in [0, 0.1) is 0 Å². The number of rotatable bonds is 7. The molecule has 0 bridgehead atoms. The predicted octanol–water partition coefficient (Wildman–Crippen LogP) is 1.45. The molecule has 0 radical (unpaired) electrons. The van der Waals surface area contributed by atoms with Crippen LogP contribution < -0.4 is 5.32 Å². The summed E-state index contributed by atoms with van der Waals surface area (Å²) in [5.41, 5.74) is 0. The van der Waals surface area contributed by atoms with E-state index in [1.807, 2.05) is 6.07 Å². The fourth-order valence-corrected chi connectivity index (χ4v) is 3.47. The number of nitrogens with one attached hydrogen (secondary N) is 1. The van der Waals surface area contributed by atoms with Gasteiger partial charge in [0.05, 0.1) is 11.8 Å². The molecule has 1 saturated heterocycles. The number of likely N-dealkylation sites (tertiary alicyclic amines) is 1. The first-order valence-electron chi connectivity index (χ1n) is 8.33.